The highest BCUT2D eigenvalue weighted by atomic mass is 31.1. The minimum Gasteiger partial charge on any atom is -0.594 e. The van der Waals surface area contributed by atoms with Crippen molar-refractivity contribution in [2.24, 2.45) is 0 Å². The molecule has 0 bridgehead atoms. The van der Waals surface area contributed by atoms with Gasteiger partial charge in [-0.1, -0.05) is 18.4 Å². The Morgan fingerprint density at radius 1 is 1.44 bits per heavy atom. The smallest absolute Gasteiger partial charge is 0.324 e. The first-order chi connectivity index (χ1) is 4.20. The van der Waals surface area contributed by atoms with E-state index in [9.17, 15) is 9.46 Å². The van der Waals surface area contributed by atoms with E-state index in [1.807, 2.05) is 18.7 Å². The first-order valence-electron chi connectivity index (χ1n) is 3.04. The highest BCUT2D eigenvalue weighted by Gasteiger charge is 2.06. The van der Waals surface area contributed by atoms with E-state index in [0.717, 1.165) is 13.1 Å². The molecule has 1 atom stereocenters. The van der Waals surface area contributed by atoms with Crippen LogP contribution >= 0.6 is 8.03 Å². The van der Waals surface area contributed by atoms with Crippen LogP contribution < -0.4 is 4.89 Å². The molecule has 0 amide bonds. The summed E-state index contributed by atoms with van der Waals surface area (Å²) in [6.07, 6.45) is 0.197. The van der Waals surface area contributed by atoms with Gasteiger partial charge in [-0.25, -0.2) is 0 Å². The Labute approximate surface area is 56.5 Å². The molecule has 54 valence electrons. The van der Waals surface area contributed by atoms with Gasteiger partial charge in [-0.15, -0.1) is 0 Å². The molecule has 0 rings (SSSR count). The maximum atomic E-state index is 10.1. The first-order valence-corrected chi connectivity index (χ1v) is 4.41. The van der Waals surface area contributed by atoms with E-state index in [1.54, 1.807) is 0 Å². The van der Waals surface area contributed by atoms with Crippen LogP contribution in [0.5, 0.6) is 0 Å². The maximum Gasteiger partial charge on any atom is 0.324 e. The van der Waals surface area contributed by atoms with Crippen molar-refractivity contribution in [1.29, 1.82) is 0 Å². The number of nitrogens with zero attached hydrogens (tertiary/aromatic N) is 1. The fourth-order valence-corrected chi connectivity index (χ4v) is 1.31. The number of hydrogen-bond acceptors (Lipinski definition) is 3. The van der Waals surface area contributed by atoms with Gasteiger partial charge in [0.15, 0.2) is 6.29 Å². The third-order valence-electron chi connectivity index (χ3n) is 1.21. The van der Waals surface area contributed by atoms with E-state index in [4.69, 9.17) is 0 Å². The van der Waals surface area contributed by atoms with Gasteiger partial charge in [0.1, 0.15) is 0 Å². The van der Waals surface area contributed by atoms with Crippen molar-refractivity contribution < 1.29 is 9.46 Å². The molecule has 0 N–H and O–H groups in total. The molecule has 3 nitrogen and oxygen atoms in total. The second kappa shape index (κ2) is 4.86. The van der Waals surface area contributed by atoms with Crippen molar-refractivity contribution in [3.05, 3.63) is 0 Å². The summed E-state index contributed by atoms with van der Waals surface area (Å²) in [5, 5.41) is 0. The average molecular weight is 149 g/mol. The zero-order valence-electron chi connectivity index (χ0n) is 5.83. The molecule has 0 fully saturated rings. The van der Waals surface area contributed by atoms with Crippen LogP contribution in [0.15, 0.2) is 0 Å². The van der Waals surface area contributed by atoms with Gasteiger partial charge in [-0.2, -0.15) is 0 Å². The van der Waals surface area contributed by atoms with E-state index in [2.05, 4.69) is 0 Å². The third-order valence-corrected chi connectivity index (χ3v) is 1.84. The van der Waals surface area contributed by atoms with Gasteiger partial charge in [0.25, 0.3) is 0 Å². The Kier molecular flexibility index (Phi) is 4.87. The lowest BCUT2D eigenvalue weighted by Gasteiger charge is -2.11. The van der Waals surface area contributed by atoms with Gasteiger partial charge in [0.05, 0.1) is 0 Å². The largest absolute Gasteiger partial charge is 0.594 e. The highest BCUT2D eigenvalue weighted by molar-refractivity contribution is 7.36. The molecule has 0 saturated heterocycles. The maximum absolute atomic E-state index is 10.1. The van der Waals surface area contributed by atoms with Crippen LogP contribution in [0.1, 0.15) is 13.8 Å². The molecular formula is C5H12NO2P. The fourth-order valence-electron chi connectivity index (χ4n) is 0.587. The van der Waals surface area contributed by atoms with Crippen molar-refractivity contribution >= 4 is 8.03 Å². The van der Waals surface area contributed by atoms with Gasteiger partial charge >= 0.3 is 8.03 Å². The highest BCUT2D eigenvalue weighted by Crippen LogP contribution is 2.08. The summed E-state index contributed by atoms with van der Waals surface area (Å²) in [6, 6.07) is 0. The molecule has 0 spiro atoms. The SMILES string of the molecule is CCN(CC)C[P+](=O)[O-]. The number of rotatable bonds is 4. The van der Waals surface area contributed by atoms with Crippen molar-refractivity contribution in [1.82, 2.24) is 4.90 Å². The average Bonchev–Trinajstić information content (AvgIpc) is 1.82. The Hall–Kier alpha value is 0.0200. The summed E-state index contributed by atoms with van der Waals surface area (Å²) in [5.41, 5.74) is 0. The summed E-state index contributed by atoms with van der Waals surface area (Å²) >= 11 is 0. The standard InChI is InChI=1S/C5H12NO2P/c1-3-6(4-2)5-9(7)8/h3-5H2,1-2H3. The quantitative estimate of drug-likeness (QED) is 0.543. The molecule has 9 heavy (non-hydrogen) atoms. The van der Waals surface area contributed by atoms with E-state index >= 15 is 0 Å². The van der Waals surface area contributed by atoms with E-state index in [-0.39, 0.29) is 6.29 Å². The van der Waals surface area contributed by atoms with Crippen molar-refractivity contribution in [2.45, 2.75) is 13.8 Å². The third kappa shape index (κ3) is 4.52. The van der Waals surface area contributed by atoms with Crippen LogP contribution in [0.25, 0.3) is 0 Å². The Morgan fingerprint density at radius 2 is 1.89 bits per heavy atom. The second-order valence-electron chi connectivity index (χ2n) is 1.78. The van der Waals surface area contributed by atoms with Crippen LogP contribution in [0.2, 0.25) is 0 Å². The first kappa shape index (κ1) is 9.02. The lowest BCUT2D eigenvalue weighted by molar-refractivity contribution is -0.166. The van der Waals surface area contributed by atoms with Crippen LogP contribution in [-0.2, 0) is 4.57 Å². The van der Waals surface area contributed by atoms with E-state index in [1.165, 1.54) is 0 Å². The van der Waals surface area contributed by atoms with Crippen LogP contribution in [-0.4, -0.2) is 24.3 Å². The topological polar surface area (TPSA) is 43.4 Å². The fraction of sp³-hybridized carbons (Fsp3) is 1.00. The Morgan fingerprint density at radius 3 is 2.00 bits per heavy atom. The van der Waals surface area contributed by atoms with Gasteiger partial charge in [0.2, 0.25) is 0 Å². The molecule has 0 saturated carbocycles. The molecule has 0 heterocycles. The van der Waals surface area contributed by atoms with Crippen LogP contribution in [0.3, 0.4) is 0 Å². The minimum absolute atomic E-state index is 0.197. The zero-order chi connectivity index (χ0) is 7.28. The summed E-state index contributed by atoms with van der Waals surface area (Å²) in [4.78, 5) is 12.0. The lowest BCUT2D eigenvalue weighted by atomic mass is 10.6. The van der Waals surface area contributed by atoms with Gasteiger partial charge < -0.3 is 4.89 Å². The van der Waals surface area contributed by atoms with Crippen LogP contribution in [0, 0.1) is 0 Å². The molecule has 0 aromatic carbocycles. The molecule has 4 heteroatoms. The Balaban J connectivity index is 3.43. The lowest BCUT2D eigenvalue weighted by Crippen LogP contribution is -2.23. The summed E-state index contributed by atoms with van der Waals surface area (Å²) < 4.78 is 10.1. The molecule has 0 radical (unpaired) electrons. The molecule has 0 aliphatic rings. The normalized spacial score (nSPS) is 12.2. The minimum atomic E-state index is -2.23. The predicted octanol–water partition coefficient (Wildman–Crippen LogP) is 0.388. The van der Waals surface area contributed by atoms with Crippen LogP contribution in [0.4, 0.5) is 0 Å². The Bertz CT molecular complexity index is 93.0. The van der Waals surface area contributed by atoms with Crippen molar-refractivity contribution in [3.8, 4) is 0 Å². The van der Waals surface area contributed by atoms with E-state index < -0.39 is 8.03 Å². The molecule has 1 unspecified atom stereocenters. The monoisotopic (exact) mass is 149 g/mol. The molecule has 0 aliphatic heterocycles. The molecule has 0 aromatic heterocycles. The van der Waals surface area contributed by atoms with Crippen molar-refractivity contribution in [2.75, 3.05) is 19.4 Å². The summed E-state index contributed by atoms with van der Waals surface area (Å²) in [7, 11) is -2.23. The van der Waals surface area contributed by atoms with Crippen molar-refractivity contribution in [3.63, 3.8) is 0 Å². The number of hydrogen-bond donors (Lipinski definition) is 0. The summed E-state index contributed by atoms with van der Waals surface area (Å²) in [5.74, 6) is 0. The summed E-state index contributed by atoms with van der Waals surface area (Å²) in [6.45, 7) is 5.50. The molecule has 0 aliphatic carbocycles. The van der Waals surface area contributed by atoms with Gasteiger partial charge in [-0.3, -0.25) is 4.90 Å². The van der Waals surface area contributed by atoms with E-state index in [0.29, 0.717) is 0 Å². The molecule has 0 aromatic rings. The zero-order valence-corrected chi connectivity index (χ0v) is 6.73. The predicted molar refractivity (Wildman–Crippen MR) is 35.4 cm³/mol. The molecular weight excluding hydrogens is 137 g/mol. The van der Waals surface area contributed by atoms with Gasteiger partial charge in [0, 0.05) is 0 Å². The van der Waals surface area contributed by atoms with Gasteiger partial charge in [-0.05, 0) is 13.1 Å². The second-order valence-corrected chi connectivity index (χ2v) is 2.73.